The number of carbonyl (C=O) groups excluding carboxylic acids is 1. The molecule has 0 bridgehead atoms. The number of thiophene rings is 1. The maximum Gasteiger partial charge on any atom is 0.290 e. The molecule has 3 N–H and O–H groups in total. The molecule has 0 atom stereocenters. The van der Waals surface area contributed by atoms with Crippen LogP contribution in [0.3, 0.4) is 0 Å². The van der Waals surface area contributed by atoms with E-state index in [1.807, 2.05) is 24.4 Å². The maximum atomic E-state index is 12.2. The van der Waals surface area contributed by atoms with E-state index in [1.54, 1.807) is 23.5 Å². The van der Waals surface area contributed by atoms with Gasteiger partial charge in [-0.05, 0) is 36.1 Å². The molecule has 3 rings (SSSR count). The fraction of sp³-hybridized carbons (Fsp3) is 0.167. The molecule has 0 saturated carbocycles. The number of hydrogen-bond donors (Lipinski definition) is 3. The maximum absolute atomic E-state index is 12.2. The van der Waals surface area contributed by atoms with Crippen molar-refractivity contribution in [3.8, 4) is 10.6 Å². The molecule has 0 saturated heterocycles. The molecule has 28 heavy (non-hydrogen) atoms. The molecule has 0 aliphatic rings. The Hall–Kier alpha value is -2.98. The molecule has 1 aromatic carbocycles. The van der Waals surface area contributed by atoms with Gasteiger partial charge in [-0.25, -0.2) is 8.42 Å². The molecule has 0 aliphatic heterocycles. The zero-order chi connectivity index (χ0) is 20.7. The van der Waals surface area contributed by atoms with Crippen molar-refractivity contribution in [3.05, 3.63) is 52.9 Å². The van der Waals surface area contributed by atoms with Gasteiger partial charge in [0.15, 0.2) is 15.7 Å². The summed E-state index contributed by atoms with van der Waals surface area (Å²) in [5.74, 6) is 0.292. The number of carbonyl (C=O) groups is 2. The van der Waals surface area contributed by atoms with Crippen LogP contribution in [0.15, 0.2) is 46.7 Å². The van der Waals surface area contributed by atoms with Gasteiger partial charge in [-0.15, -0.1) is 11.3 Å². The Morgan fingerprint density at radius 2 is 1.93 bits per heavy atom. The standard InChI is InChI=1S/C17H17N3O3S2.CH2O2/c1-11-16(14-4-3-9-24-14)19-20-17(11)18-15(21)10-12-5-7-13(8-6-12)25(2,22)23;2-1-3/h3-9H,10H2,1-2H3,(H2,18,19,20,21);1H,(H,2,3). The summed E-state index contributed by atoms with van der Waals surface area (Å²) in [6.07, 6.45) is 1.30. The molecule has 148 valence electrons. The van der Waals surface area contributed by atoms with E-state index >= 15 is 0 Å². The second-order valence-corrected chi connectivity index (χ2v) is 8.76. The smallest absolute Gasteiger partial charge is 0.290 e. The van der Waals surface area contributed by atoms with E-state index in [0.29, 0.717) is 5.82 Å². The van der Waals surface area contributed by atoms with Crippen LogP contribution in [-0.2, 0) is 25.8 Å². The summed E-state index contributed by atoms with van der Waals surface area (Å²) >= 11 is 1.60. The zero-order valence-corrected chi connectivity index (χ0v) is 16.8. The fourth-order valence-corrected chi connectivity index (χ4v) is 3.80. The Morgan fingerprint density at radius 3 is 2.46 bits per heavy atom. The highest BCUT2D eigenvalue weighted by molar-refractivity contribution is 7.90. The molecule has 3 aromatic rings. The lowest BCUT2D eigenvalue weighted by Crippen LogP contribution is -2.15. The van der Waals surface area contributed by atoms with Gasteiger partial charge in [-0.1, -0.05) is 18.2 Å². The first kappa shape index (κ1) is 21.3. The first-order valence-corrected chi connectivity index (χ1v) is 10.8. The molecule has 10 heteroatoms. The van der Waals surface area contributed by atoms with Gasteiger partial charge in [0.25, 0.3) is 6.47 Å². The monoisotopic (exact) mass is 421 g/mol. The van der Waals surface area contributed by atoms with Crippen LogP contribution < -0.4 is 5.32 Å². The summed E-state index contributed by atoms with van der Waals surface area (Å²) < 4.78 is 22.9. The molecule has 0 aliphatic carbocycles. The zero-order valence-electron chi connectivity index (χ0n) is 15.2. The Balaban J connectivity index is 0.000000878. The normalized spacial score (nSPS) is 10.6. The number of sulfone groups is 1. The first-order valence-electron chi connectivity index (χ1n) is 8.01. The van der Waals surface area contributed by atoms with Crippen molar-refractivity contribution in [3.63, 3.8) is 0 Å². The topological polar surface area (TPSA) is 129 Å². The van der Waals surface area contributed by atoms with Crippen molar-refractivity contribution in [2.24, 2.45) is 0 Å². The van der Waals surface area contributed by atoms with Gasteiger partial charge < -0.3 is 10.4 Å². The molecule has 0 spiro atoms. The van der Waals surface area contributed by atoms with Crippen LogP contribution in [0.2, 0.25) is 0 Å². The largest absolute Gasteiger partial charge is 0.483 e. The van der Waals surface area contributed by atoms with Gasteiger partial charge in [0.1, 0.15) is 0 Å². The molecule has 8 nitrogen and oxygen atoms in total. The second-order valence-electron chi connectivity index (χ2n) is 5.80. The number of nitrogens with one attached hydrogen (secondary N) is 2. The van der Waals surface area contributed by atoms with E-state index in [-0.39, 0.29) is 23.7 Å². The molecule has 0 radical (unpaired) electrons. The average Bonchev–Trinajstić information content (AvgIpc) is 3.26. The van der Waals surface area contributed by atoms with Crippen LogP contribution in [-0.4, -0.2) is 42.4 Å². The number of benzene rings is 1. The minimum atomic E-state index is -3.23. The van der Waals surface area contributed by atoms with Crippen molar-refractivity contribution in [1.82, 2.24) is 10.2 Å². The predicted molar refractivity (Wildman–Crippen MR) is 107 cm³/mol. The second kappa shape index (κ2) is 9.29. The molecule has 2 heterocycles. The van der Waals surface area contributed by atoms with Crippen LogP contribution in [0.5, 0.6) is 0 Å². The van der Waals surface area contributed by atoms with Gasteiger partial charge in [0.2, 0.25) is 5.91 Å². The number of aromatic amines is 1. The molecular formula is C18H19N3O5S2. The van der Waals surface area contributed by atoms with Crippen LogP contribution in [0.25, 0.3) is 10.6 Å². The summed E-state index contributed by atoms with van der Waals surface area (Å²) in [6, 6.07) is 10.2. The summed E-state index contributed by atoms with van der Waals surface area (Å²) in [7, 11) is -3.23. The van der Waals surface area contributed by atoms with E-state index in [4.69, 9.17) is 9.90 Å². The van der Waals surface area contributed by atoms with Crippen molar-refractivity contribution in [2.75, 3.05) is 11.6 Å². The number of anilines is 1. The number of carboxylic acid groups (broad SMARTS) is 1. The minimum Gasteiger partial charge on any atom is -0.483 e. The van der Waals surface area contributed by atoms with Crippen LogP contribution in [0.1, 0.15) is 11.1 Å². The summed E-state index contributed by atoms with van der Waals surface area (Å²) in [4.78, 5) is 21.9. The SMILES string of the molecule is Cc1c(NC(=O)Cc2ccc(S(C)(=O)=O)cc2)n[nH]c1-c1cccs1.O=CO. The minimum absolute atomic E-state index is 0.144. The molecule has 1 amide bonds. The highest BCUT2D eigenvalue weighted by atomic mass is 32.2. The van der Waals surface area contributed by atoms with Gasteiger partial charge in [0, 0.05) is 11.8 Å². The van der Waals surface area contributed by atoms with Gasteiger partial charge in [0.05, 0.1) is 21.9 Å². The van der Waals surface area contributed by atoms with Crippen molar-refractivity contribution in [1.29, 1.82) is 0 Å². The Labute approximate surface area is 166 Å². The summed E-state index contributed by atoms with van der Waals surface area (Å²) in [5.41, 5.74) is 2.50. The van der Waals surface area contributed by atoms with E-state index in [2.05, 4.69) is 15.5 Å². The van der Waals surface area contributed by atoms with Crippen molar-refractivity contribution < 1.29 is 23.1 Å². The molecule has 0 fully saturated rings. The summed E-state index contributed by atoms with van der Waals surface area (Å²) in [5, 5.41) is 18.8. The Morgan fingerprint density at radius 1 is 1.29 bits per heavy atom. The average molecular weight is 422 g/mol. The van der Waals surface area contributed by atoms with Gasteiger partial charge >= 0.3 is 0 Å². The third kappa shape index (κ3) is 5.51. The van der Waals surface area contributed by atoms with Crippen molar-refractivity contribution >= 4 is 39.4 Å². The Kier molecular flexibility index (Phi) is 7.07. The van der Waals surface area contributed by atoms with Gasteiger partial charge in [-0.2, -0.15) is 5.10 Å². The van der Waals surface area contributed by atoms with Crippen LogP contribution in [0.4, 0.5) is 5.82 Å². The van der Waals surface area contributed by atoms with E-state index in [1.165, 1.54) is 12.1 Å². The van der Waals surface area contributed by atoms with Gasteiger partial charge in [-0.3, -0.25) is 14.7 Å². The number of nitrogens with zero attached hydrogens (tertiary/aromatic N) is 1. The quantitative estimate of drug-likeness (QED) is 0.543. The molecule has 0 unspecified atom stereocenters. The molecule has 2 aromatic heterocycles. The lowest BCUT2D eigenvalue weighted by Gasteiger charge is -2.05. The number of rotatable bonds is 5. The highest BCUT2D eigenvalue weighted by Gasteiger charge is 2.14. The van der Waals surface area contributed by atoms with E-state index < -0.39 is 9.84 Å². The predicted octanol–water partition coefficient (Wildman–Crippen LogP) is 2.73. The number of H-pyrrole nitrogens is 1. The lowest BCUT2D eigenvalue weighted by atomic mass is 10.1. The van der Waals surface area contributed by atoms with E-state index in [9.17, 15) is 13.2 Å². The van der Waals surface area contributed by atoms with E-state index in [0.717, 1.165) is 28.0 Å². The van der Waals surface area contributed by atoms with Crippen molar-refractivity contribution in [2.45, 2.75) is 18.2 Å². The third-order valence-electron chi connectivity index (χ3n) is 3.75. The number of aromatic nitrogens is 2. The highest BCUT2D eigenvalue weighted by Crippen LogP contribution is 2.29. The van der Waals surface area contributed by atoms with Crippen LogP contribution in [0, 0.1) is 6.92 Å². The first-order chi connectivity index (χ1) is 13.3. The number of amides is 1. The fourth-order valence-electron chi connectivity index (χ4n) is 2.40. The van der Waals surface area contributed by atoms with Crippen LogP contribution >= 0.6 is 11.3 Å². The number of hydrogen-bond acceptors (Lipinski definition) is 6. The lowest BCUT2D eigenvalue weighted by molar-refractivity contribution is -0.123. The Bertz CT molecular complexity index is 1040. The summed E-state index contributed by atoms with van der Waals surface area (Å²) in [6.45, 7) is 1.65. The molecular weight excluding hydrogens is 402 g/mol. The third-order valence-corrected chi connectivity index (χ3v) is 5.77.